The van der Waals surface area contributed by atoms with Crippen molar-refractivity contribution in [1.82, 2.24) is 25.7 Å². The molecule has 1 atom stereocenters. The van der Waals surface area contributed by atoms with Crippen LogP contribution in [0.3, 0.4) is 0 Å². The van der Waals surface area contributed by atoms with Crippen molar-refractivity contribution in [2.45, 2.75) is 19.0 Å². The van der Waals surface area contributed by atoms with Gasteiger partial charge in [0.2, 0.25) is 5.82 Å². The van der Waals surface area contributed by atoms with Crippen LogP contribution in [0.4, 0.5) is 8.78 Å². The zero-order chi connectivity index (χ0) is 18.8. The zero-order valence-electron chi connectivity index (χ0n) is 14.8. The summed E-state index contributed by atoms with van der Waals surface area (Å²) in [6.07, 6.45) is 1.05. The van der Waals surface area contributed by atoms with Gasteiger partial charge in [-0.3, -0.25) is 5.10 Å². The molecule has 150 valence electrons. The number of alkyl halides is 2. The van der Waals surface area contributed by atoms with E-state index in [1.54, 1.807) is 6.07 Å². The predicted molar refractivity (Wildman–Crippen MR) is 98.0 cm³/mol. The van der Waals surface area contributed by atoms with E-state index in [4.69, 9.17) is 9.26 Å². The summed E-state index contributed by atoms with van der Waals surface area (Å²) in [6, 6.07) is 6.33. The maximum Gasteiger partial charge on any atom is 0.387 e. The number of ether oxygens (including phenoxy) is 2. The lowest BCUT2D eigenvalue weighted by Crippen LogP contribution is -2.08. The average molecular weight is 414 g/mol. The standard InChI is InChI=1S/C17H17F2N5O3.ClH/c1-25-14-6-9(2-3-13(14)26-17(18)19)15-21-16(27-24-15)12-7-11(22-23-12)10-4-5-20-8-10;/h2-3,6-7,10,17,20H,4-5,8H2,1H3,(H,22,23);1H. The summed E-state index contributed by atoms with van der Waals surface area (Å²) in [5, 5.41) is 14.5. The highest BCUT2D eigenvalue weighted by Gasteiger charge is 2.21. The second kappa shape index (κ2) is 8.53. The summed E-state index contributed by atoms with van der Waals surface area (Å²) in [5.41, 5.74) is 2.12. The fraction of sp³-hybridized carbons (Fsp3) is 0.353. The molecule has 1 aliphatic heterocycles. The quantitative estimate of drug-likeness (QED) is 0.640. The summed E-state index contributed by atoms with van der Waals surface area (Å²) in [7, 11) is 1.36. The predicted octanol–water partition coefficient (Wildman–Crippen LogP) is 3.24. The van der Waals surface area contributed by atoms with Crippen LogP contribution < -0.4 is 14.8 Å². The second-order valence-electron chi connectivity index (χ2n) is 6.07. The Hall–Kier alpha value is -2.72. The Morgan fingerprint density at radius 3 is 2.82 bits per heavy atom. The Kier molecular flexibility index (Phi) is 6.10. The van der Waals surface area contributed by atoms with Crippen LogP contribution in [0.2, 0.25) is 0 Å². The maximum absolute atomic E-state index is 12.4. The number of H-pyrrole nitrogens is 1. The van der Waals surface area contributed by atoms with E-state index in [1.807, 2.05) is 6.07 Å². The van der Waals surface area contributed by atoms with Crippen molar-refractivity contribution in [1.29, 1.82) is 0 Å². The Morgan fingerprint density at radius 2 is 2.11 bits per heavy atom. The Balaban J connectivity index is 0.00000225. The van der Waals surface area contributed by atoms with E-state index in [0.29, 0.717) is 23.0 Å². The summed E-state index contributed by atoms with van der Waals surface area (Å²) in [6.45, 7) is -1.05. The van der Waals surface area contributed by atoms with Crippen molar-refractivity contribution in [2.24, 2.45) is 0 Å². The van der Waals surface area contributed by atoms with Gasteiger partial charge in [-0.1, -0.05) is 5.16 Å². The highest BCUT2D eigenvalue weighted by Crippen LogP contribution is 2.33. The number of rotatable bonds is 6. The largest absolute Gasteiger partial charge is 0.493 e. The second-order valence-corrected chi connectivity index (χ2v) is 6.07. The molecule has 28 heavy (non-hydrogen) atoms. The summed E-state index contributed by atoms with van der Waals surface area (Å²) < 4.78 is 39.7. The first-order chi connectivity index (χ1) is 13.1. The van der Waals surface area contributed by atoms with Gasteiger partial charge in [-0.15, -0.1) is 12.4 Å². The molecule has 0 saturated carbocycles. The molecule has 3 aromatic rings. The molecule has 4 rings (SSSR count). The minimum atomic E-state index is -2.94. The smallest absolute Gasteiger partial charge is 0.387 e. The van der Waals surface area contributed by atoms with Gasteiger partial charge in [0.25, 0.3) is 5.89 Å². The van der Waals surface area contributed by atoms with E-state index in [1.165, 1.54) is 19.2 Å². The van der Waals surface area contributed by atoms with Crippen molar-refractivity contribution in [3.05, 3.63) is 30.0 Å². The van der Waals surface area contributed by atoms with Crippen molar-refractivity contribution >= 4 is 12.4 Å². The van der Waals surface area contributed by atoms with E-state index in [-0.39, 0.29) is 29.8 Å². The third-order valence-corrected chi connectivity index (χ3v) is 4.38. The van der Waals surface area contributed by atoms with E-state index >= 15 is 0 Å². The number of halogens is 3. The molecule has 11 heteroatoms. The van der Waals surface area contributed by atoms with Crippen LogP contribution in [-0.4, -0.2) is 47.1 Å². The van der Waals surface area contributed by atoms with Gasteiger partial charge in [0, 0.05) is 23.7 Å². The van der Waals surface area contributed by atoms with Crippen LogP contribution in [0.15, 0.2) is 28.8 Å². The zero-order valence-corrected chi connectivity index (χ0v) is 15.6. The van der Waals surface area contributed by atoms with Crippen LogP contribution in [0.5, 0.6) is 11.5 Å². The number of benzene rings is 1. The van der Waals surface area contributed by atoms with E-state index in [2.05, 4.69) is 30.4 Å². The molecule has 2 aromatic heterocycles. The average Bonchev–Trinajstić information content (AvgIpc) is 3.40. The molecule has 2 N–H and O–H groups in total. The first-order valence-electron chi connectivity index (χ1n) is 8.37. The molecule has 1 fully saturated rings. The lowest BCUT2D eigenvalue weighted by atomic mass is 10.1. The van der Waals surface area contributed by atoms with Crippen LogP contribution in [0.25, 0.3) is 23.0 Å². The summed E-state index contributed by atoms with van der Waals surface area (Å²) >= 11 is 0. The first kappa shape index (κ1) is 20.0. The first-order valence-corrected chi connectivity index (χ1v) is 8.37. The number of hydrogen-bond acceptors (Lipinski definition) is 7. The number of nitrogens with one attached hydrogen (secondary N) is 2. The Morgan fingerprint density at radius 1 is 1.25 bits per heavy atom. The number of aromatic nitrogens is 4. The molecule has 3 heterocycles. The molecule has 0 radical (unpaired) electrons. The Bertz CT molecular complexity index is 927. The number of methoxy groups -OCH3 is 1. The van der Waals surface area contributed by atoms with Crippen molar-refractivity contribution in [3.8, 4) is 34.5 Å². The van der Waals surface area contributed by atoms with Crippen LogP contribution in [0.1, 0.15) is 18.0 Å². The lowest BCUT2D eigenvalue weighted by Gasteiger charge is -2.10. The molecule has 0 bridgehead atoms. The van der Waals surface area contributed by atoms with Gasteiger partial charge >= 0.3 is 6.61 Å². The van der Waals surface area contributed by atoms with Gasteiger partial charge in [-0.25, -0.2) is 0 Å². The number of nitrogens with zero attached hydrogens (tertiary/aromatic N) is 3. The van der Waals surface area contributed by atoms with E-state index < -0.39 is 6.61 Å². The molecule has 1 saturated heterocycles. The van der Waals surface area contributed by atoms with Gasteiger partial charge in [0.1, 0.15) is 0 Å². The van der Waals surface area contributed by atoms with Gasteiger partial charge in [-0.05, 0) is 37.2 Å². The normalized spacial score (nSPS) is 16.2. The molecule has 1 aliphatic rings. The molecular formula is C17H18ClF2N5O3. The lowest BCUT2D eigenvalue weighted by molar-refractivity contribution is -0.0512. The fourth-order valence-corrected chi connectivity index (χ4v) is 3.02. The minimum absolute atomic E-state index is 0. The summed E-state index contributed by atoms with van der Waals surface area (Å²) in [4.78, 5) is 4.34. The van der Waals surface area contributed by atoms with Gasteiger partial charge in [0.15, 0.2) is 17.2 Å². The van der Waals surface area contributed by atoms with Gasteiger partial charge in [0.05, 0.1) is 7.11 Å². The minimum Gasteiger partial charge on any atom is -0.493 e. The van der Waals surface area contributed by atoms with Gasteiger partial charge < -0.3 is 19.3 Å². The SMILES string of the molecule is COc1cc(-c2noc(-c3cc(C4CCNC4)[nH]n3)n2)ccc1OC(F)F.Cl. The maximum atomic E-state index is 12.4. The molecule has 0 spiro atoms. The van der Waals surface area contributed by atoms with Crippen molar-refractivity contribution in [2.75, 3.05) is 20.2 Å². The molecule has 0 amide bonds. The number of hydrogen-bond donors (Lipinski definition) is 2. The van der Waals surface area contributed by atoms with E-state index in [0.717, 1.165) is 25.2 Å². The molecular weight excluding hydrogens is 396 g/mol. The monoisotopic (exact) mass is 413 g/mol. The number of aromatic amines is 1. The summed E-state index contributed by atoms with van der Waals surface area (Å²) in [5.74, 6) is 1.03. The Labute approximate surface area is 165 Å². The third kappa shape index (κ3) is 4.07. The topological polar surface area (TPSA) is 98.1 Å². The van der Waals surface area contributed by atoms with Crippen LogP contribution in [0, 0.1) is 0 Å². The fourth-order valence-electron chi connectivity index (χ4n) is 3.02. The molecule has 8 nitrogen and oxygen atoms in total. The van der Waals surface area contributed by atoms with Crippen molar-refractivity contribution in [3.63, 3.8) is 0 Å². The van der Waals surface area contributed by atoms with Crippen molar-refractivity contribution < 1.29 is 22.8 Å². The van der Waals surface area contributed by atoms with E-state index in [9.17, 15) is 8.78 Å². The molecule has 0 aliphatic carbocycles. The third-order valence-electron chi connectivity index (χ3n) is 4.38. The molecule has 1 unspecified atom stereocenters. The van der Waals surface area contributed by atoms with Crippen LogP contribution in [-0.2, 0) is 0 Å². The highest BCUT2D eigenvalue weighted by atomic mass is 35.5. The highest BCUT2D eigenvalue weighted by molar-refractivity contribution is 5.85. The van der Waals surface area contributed by atoms with Crippen LogP contribution >= 0.6 is 12.4 Å². The van der Waals surface area contributed by atoms with Gasteiger partial charge in [-0.2, -0.15) is 18.9 Å². The molecule has 1 aromatic carbocycles.